The van der Waals surface area contributed by atoms with Crippen LogP contribution in [-0.2, 0) is 24.0 Å². The number of benzene rings is 1. The average molecular weight is 966 g/mol. The first-order valence-electron chi connectivity index (χ1n) is 25.6. The minimum Gasteiger partial charge on any atom is -0.506 e. The molecule has 5 atom stereocenters. The Labute approximate surface area is 412 Å². The highest BCUT2D eigenvalue weighted by Gasteiger charge is 2.32. The molecule has 0 aliphatic heterocycles. The minimum atomic E-state index is -1.21. The molecule has 15 nitrogen and oxygen atoms in total. The maximum atomic E-state index is 14.3. The van der Waals surface area contributed by atoms with Crippen molar-refractivity contribution in [2.24, 2.45) is 23.1 Å². The molecule has 0 bridgehead atoms. The maximum Gasteiger partial charge on any atom is 0.244 e. The highest BCUT2D eigenvalue weighted by molar-refractivity contribution is 7.99. The zero-order valence-electron chi connectivity index (χ0n) is 41.6. The number of fused-ring (bicyclic) bond motifs is 1. The number of pyridine rings is 1. The first kappa shape index (κ1) is 59.7. The van der Waals surface area contributed by atoms with Crippen LogP contribution in [0.5, 0.6) is 5.75 Å². The van der Waals surface area contributed by atoms with Crippen LogP contribution >= 0.6 is 11.8 Å². The number of hydrogen-bond donors (Lipinski definition) is 9. The first-order valence-corrected chi connectivity index (χ1v) is 26.7. The Morgan fingerprint density at radius 2 is 1.21 bits per heavy atom. The molecule has 0 spiro atoms. The number of nitrogens with zero attached hydrogens (tertiary/aromatic N) is 1. The second-order valence-corrected chi connectivity index (χ2v) is 19.6. The largest absolute Gasteiger partial charge is 0.506 e. The molecule has 0 saturated heterocycles. The lowest BCUT2D eigenvalue weighted by molar-refractivity contribution is -0.134. The molecule has 5 amide bonds. The molecule has 1 aromatic carbocycles. The zero-order valence-corrected chi connectivity index (χ0v) is 42.4. The fraction of sp³-hybridized carbons (Fsp3) is 0.692. The van der Waals surface area contributed by atoms with Crippen molar-refractivity contribution in [3.05, 3.63) is 36.0 Å². The smallest absolute Gasteiger partial charge is 0.244 e. The lowest BCUT2D eigenvalue weighted by atomic mass is 10.0. The predicted octanol–water partition coefficient (Wildman–Crippen LogP) is 6.89. The van der Waals surface area contributed by atoms with Crippen LogP contribution in [0.1, 0.15) is 179 Å². The van der Waals surface area contributed by atoms with Gasteiger partial charge in [0.15, 0.2) is 0 Å². The number of carbonyl (C=O) groups excluding carboxylic acids is 5. The van der Waals surface area contributed by atoms with E-state index in [1.807, 2.05) is 19.9 Å². The van der Waals surface area contributed by atoms with Crippen molar-refractivity contribution in [2.75, 3.05) is 25.4 Å². The number of thioether (sulfide) groups is 1. The molecule has 0 saturated carbocycles. The molecule has 68 heavy (non-hydrogen) atoms. The molecular formula is C52H87N9O6S. The van der Waals surface area contributed by atoms with E-state index in [9.17, 15) is 29.1 Å². The third-order valence-electron chi connectivity index (χ3n) is 12.1. The Balaban J connectivity index is 2.18. The monoisotopic (exact) mass is 966 g/mol. The molecule has 0 fully saturated rings. The van der Waals surface area contributed by atoms with E-state index in [2.05, 4.69) is 44.4 Å². The molecule has 1 heterocycles. The summed E-state index contributed by atoms with van der Waals surface area (Å²) in [7, 11) is 0. The van der Waals surface area contributed by atoms with Crippen LogP contribution < -0.4 is 43.8 Å². The number of nitrogens with one attached hydrogen (secondary N) is 5. The van der Waals surface area contributed by atoms with E-state index in [-0.39, 0.29) is 42.7 Å². The third kappa shape index (κ3) is 24.7. The minimum absolute atomic E-state index is 0.00124. The van der Waals surface area contributed by atoms with Crippen LogP contribution in [0.15, 0.2) is 30.5 Å². The number of primary amides is 1. The van der Waals surface area contributed by atoms with Gasteiger partial charge in [-0.2, -0.15) is 0 Å². The van der Waals surface area contributed by atoms with E-state index < -0.39 is 53.2 Å². The third-order valence-corrected chi connectivity index (χ3v) is 13.3. The van der Waals surface area contributed by atoms with Crippen molar-refractivity contribution in [2.45, 2.75) is 198 Å². The van der Waals surface area contributed by atoms with Gasteiger partial charge in [0, 0.05) is 23.8 Å². The molecule has 16 heteroatoms. The zero-order chi connectivity index (χ0) is 49.9. The van der Waals surface area contributed by atoms with Crippen LogP contribution in [0.4, 0.5) is 0 Å². The van der Waals surface area contributed by atoms with Gasteiger partial charge in [0.2, 0.25) is 29.5 Å². The first-order chi connectivity index (χ1) is 32.9. The Kier molecular flexibility index (Phi) is 32.1. The van der Waals surface area contributed by atoms with Gasteiger partial charge in [-0.3, -0.25) is 34.3 Å². The Bertz CT molecular complexity index is 1810. The van der Waals surface area contributed by atoms with E-state index >= 15 is 0 Å². The van der Waals surface area contributed by atoms with Gasteiger partial charge in [0.25, 0.3) is 0 Å². The number of phenolic OH excluding ortho intramolecular Hbond substituents is 1. The number of carbonyl (C=O) groups is 5. The molecule has 0 aliphatic carbocycles. The number of amides is 5. The molecule has 0 aliphatic rings. The molecule has 2 rings (SSSR count). The SMILES string of the molecule is C#CCNC(SC[C@H](NC(=O)[C@H](CCCCN)NC(=O)[C@H](CCCCN)NC(=O)CCCCCCCCCCCCCCCCC)C(=O)N[C@@H](CC(C)C)C(N)=O)c1ccc(O)c2ncccc12. The van der Waals surface area contributed by atoms with Gasteiger partial charge in [0.1, 0.15) is 35.4 Å². The van der Waals surface area contributed by atoms with Crippen molar-refractivity contribution in [3.8, 4) is 18.1 Å². The second kappa shape index (κ2) is 36.5. The summed E-state index contributed by atoms with van der Waals surface area (Å²) in [5.41, 5.74) is 18.4. The van der Waals surface area contributed by atoms with Crippen molar-refractivity contribution in [3.63, 3.8) is 0 Å². The fourth-order valence-electron chi connectivity index (χ4n) is 8.18. The Morgan fingerprint density at radius 1 is 0.691 bits per heavy atom. The number of nitrogens with two attached hydrogens (primary N) is 3. The van der Waals surface area contributed by atoms with E-state index in [4.69, 9.17) is 23.6 Å². The summed E-state index contributed by atoms with van der Waals surface area (Å²) in [5.74, 6) is -0.0965. The molecule has 1 aromatic heterocycles. The summed E-state index contributed by atoms with van der Waals surface area (Å²) in [6, 6.07) is 2.67. The van der Waals surface area contributed by atoms with Crippen LogP contribution in [0.25, 0.3) is 10.9 Å². The van der Waals surface area contributed by atoms with E-state index in [1.165, 1.54) is 88.5 Å². The van der Waals surface area contributed by atoms with Crippen LogP contribution in [0, 0.1) is 18.3 Å². The fourth-order valence-corrected chi connectivity index (χ4v) is 9.38. The summed E-state index contributed by atoms with van der Waals surface area (Å²) in [6.45, 7) is 7.02. The molecular weight excluding hydrogens is 879 g/mol. The summed E-state index contributed by atoms with van der Waals surface area (Å²) in [6.07, 6.45) is 29.0. The quantitative estimate of drug-likeness (QED) is 0.0189. The van der Waals surface area contributed by atoms with Crippen molar-refractivity contribution in [1.29, 1.82) is 0 Å². The molecule has 2 aromatic rings. The lowest BCUT2D eigenvalue weighted by Crippen LogP contribution is -2.58. The Hall–Kier alpha value is -4.43. The van der Waals surface area contributed by atoms with Crippen molar-refractivity contribution < 1.29 is 29.1 Å². The lowest BCUT2D eigenvalue weighted by Gasteiger charge is -2.28. The normalized spacial score (nSPS) is 13.5. The van der Waals surface area contributed by atoms with Gasteiger partial charge in [-0.1, -0.05) is 129 Å². The number of aromatic nitrogens is 1. The highest BCUT2D eigenvalue weighted by atomic mass is 32.2. The van der Waals surface area contributed by atoms with Crippen LogP contribution in [-0.4, -0.2) is 89.2 Å². The molecule has 0 radical (unpaired) electrons. The van der Waals surface area contributed by atoms with Gasteiger partial charge in [-0.25, -0.2) is 0 Å². The van der Waals surface area contributed by atoms with Gasteiger partial charge in [-0.05, 0) is 88.1 Å². The standard InChI is InChI=1S/C52H87N9O6S/c1-5-7-8-9-10-11-12-13-14-15-16-17-18-19-20-29-46(63)58-41(27-21-23-32-53)49(65)59-42(28-22-24-33-54)50(66)61-44(51(67)60-43(48(55)64)36-38(3)4)37-68-52(57-34-6-2)40-30-31-45(62)47-39(40)26-25-35-56-47/h2,25-26,30-31,35,38,41-44,52,57,62H,5,7-24,27-29,32-34,36-37,53-54H2,1,3-4H3,(H2,55,64)(H,58,63)(H,59,65)(H,60,67)(H,61,66)/t41-,42-,43-,44-,52?/m0/s1. The average Bonchev–Trinajstić information content (AvgIpc) is 3.31. The number of unbranched alkanes of at least 4 members (excludes halogenated alkanes) is 16. The number of aromatic hydroxyl groups is 1. The summed E-state index contributed by atoms with van der Waals surface area (Å²) in [4.78, 5) is 72.6. The second-order valence-electron chi connectivity index (χ2n) is 18.5. The van der Waals surface area contributed by atoms with Crippen LogP contribution in [0.2, 0.25) is 0 Å². The van der Waals surface area contributed by atoms with E-state index in [0.717, 1.165) is 31.2 Å². The molecule has 382 valence electrons. The van der Waals surface area contributed by atoms with Crippen molar-refractivity contribution >= 4 is 52.2 Å². The topological polar surface area (TPSA) is 257 Å². The summed E-state index contributed by atoms with van der Waals surface area (Å²) >= 11 is 1.28. The van der Waals surface area contributed by atoms with E-state index in [1.54, 1.807) is 18.3 Å². The highest BCUT2D eigenvalue weighted by Crippen LogP contribution is 2.35. The van der Waals surface area contributed by atoms with E-state index in [0.29, 0.717) is 62.5 Å². The van der Waals surface area contributed by atoms with Gasteiger partial charge in [0.05, 0.1) is 11.9 Å². The number of hydrogen-bond acceptors (Lipinski definition) is 11. The van der Waals surface area contributed by atoms with Gasteiger partial charge < -0.3 is 43.6 Å². The number of phenols is 1. The van der Waals surface area contributed by atoms with Crippen molar-refractivity contribution in [1.82, 2.24) is 31.6 Å². The molecule has 12 N–H and O–H groups in total. The van der Waals surface area contributed by atoms with Gasteiger partial charge >= 0.3 is 0 Å². The maximum absolute atomic E-state index is 14.3. The predicted molar refractivity (Wildman–Crippen MR) is 277 cm³/mol. The number of terminal acetylenes is 1. The molecule has 1 unspecified atom stereocenters. The van der Waals surface area contributed by atoms with Gasteiger partial charge in [-0.15, -0.1) is 18.2 Å². The summed E-state index contributed by atoms with van der Waals surface area (Å²) in [5, 5.41) is 25.4. The van der Waals surface area contributed by atoms with Crippen LogP contribution in [0.3, 0.4) is 0 Å². The number of rotatable bonds is 40. The Morgan fingerprint density at radius 3 is 1.74 bits per heavy atom. The summed E-state index contributed by atoms with van der Waals surface area (Å²) < 4.78 is 0.